The Morgan fingerprint density at radius 3 is 2.67 bits per heavy atom. The van der Waals surface area contributed by atoms with E-state index in [9.17, 15) is 4.79 Å². The van der Waals surface area contributed by atoms with Gasteiger partial charge in [0.1, 0.15) is 0 Å². The molecule has 1 aromatic heterocycles. The van der Waals surface area contributed by atoms with Crippen LogP contribution in [0.3, 0.4) is 0 Å². The van der Waals surface area contributed by atoms with Crippen LogP contribution >= 0.6 is 0 Å². The Kier molecular flexibility index (Phi) is 5.08. The Morgan fingerprint density at radius 2 is 1.88 bits per heavy atom. The van der Waals surface area contributed by atoms with Crippen LogP contribution in [0.4, 0.5) is 0 Å². The van der Waals surface area contributed by atoms with Crippen molar-refractivity contribution in [3.05, 3.63) is 77.5 Å². The maximum absolute atomic E-state index is 11.1. The van der Waals surface area contributed by atoms with Crippen molar-refractivity contribution < 1.29 is 10.0 Å². The molecule has 0 aliphatic heterocycles. The number of hydroxylamine groups is 1. The number of fused-ring (bicyclic) bond motifs is 1. The normalized spacial score (nSPS) is 11.2. The Hall–Kier alpha value is -2.85. The maximum Gasteiger partial charge on any atom is 0.247 e. The Morgan fingerprint density at radius 1 is 1.08 bits per heavy atom. The highest BCUT2D eigenvalue weighted by Gasteiger charge is 2.01. The average molecular weight is 320 g/mol. The second-order valence-electron chi connectivity index (χ2n) is 5.79. The molecule has 0 radical (unpaired) electrons. The van der Waals surface area contributed by atoms with E-state index in [1.54, 1.807) is 5.48 Å². The number of H-pyrrole nitrogens is 1. The molecule has 1 amide bonds. The molecule has 4 nitrogen and oxygen atoms in total. The number of aryl methyl sites for hydroxylation is 1. The quantitative estimate of drug-likeness (QED) is 0.477. The van der Waals surface area contributed by atoms with Crippen LogP contribution in [0.15, 0.2) is 60.8 Å². The molecule has 2 aromatic carbocycles. The van der Waals surface area contributed by atoms with Gasteiger partial charge in [-0.05, 0) is 53.1 Å². The van der Waals surface area contributed by atoms with Gasteiger partial charge in [0.2, 0.25) is 5.91 Å². The smallest absolute Gasteiger partial charge is 0.247 e. The third-order valence-corrected chi connectivity index (χ3v) is 4.00. The van der Waals surface area contributed by atoms with Gasteiger partial charge in [-0.2, -0.15) is 0 Å². The predicted molar refractivity (Wildman–Crippen MR) is 95.7 cm³/mol. The molecule has 3 N–H and O–H groups in total. The molecule has 4 heteroatoms. The van der Waals surface area contributed by atoms with Crippen molar-refractivity contribution in [3.8, 4) is 0 Å². The summed E-state index contributed by atoms with van der Waals surface area (Å²) in [4.78, 5) is 14.3. The summed E-state index contributed by atoms with van der Waals surface area (Å²) < 4.78 is 0. The third-order valence-electron chi connectivity index (χ3n) is 4.00. The van der Waals surface area contributed by atoms with Gasteiger partial charge in [0.15, 0.2) is 0 Å². The summed E-state index contributed by atoms with van der Waals surface area (Å²) in [7, 11) is 0. The standard InChI is InChI=1S/C20H20N2O2/c23-20(22-24)14-17-7-5-15(6-8-17)3-1-2-4-16-9-10-19-18(13-16)11-12-21-19/h2,4-13,21,24H,1,3,14H2,(H,22,23)/b4-2+. The van der Waals surface area contributed by atoms with E-state index < -0.39 is 5.91 Å². The number of hydrogen-bond acceptors (Lipinski definition) is 2. The second kappa shape index (κ2) is 7.62. The van der Waals surface area contributed by atoms with E-state index in [-0.39, 0.29) is 6.42 Å². The fourth-order valence-corrected chi connectivity index (χ4v) is 2.69. The lowest BCUT2D eigenvalue weighted by Crippen LogP contribution is -2.20. The van der Waals surface area contributed by atoms with Crippen molar-refractivity contribution in [3.63, 3.8) is 0 Å². The van der Waals surface area contributed by atoms with Gasteiger partial charge in [-0.3, -0.25) is 10.0 Å². The van der Waals surface area contributed by atoms with E-state index in [2.05, 4.69) is 41.4 Å². The number of amides is 1. The van der Waals surface area contributed by atoms with E-state index in [0.29, 0.717) is 0 Å². The number of carbonyl (C=O) groups excluding carboxylic acids is 1. The summed E-state index contributed by atoms with van der Waals surface area (Å²) in [6, 6.07) is 16.4. The van der Waals surface area contributed by atoms with Crippen molar-refractivity contribution in [2.45, 2.75) is 19.3 Å². The molecular formula is C20H20N2O2. The van der Waals surface area contributed by atoms with Crippen LogP contribution in [0.5, 0.6) is 0 Å². The van der Waals surface area contributed by atoms with Crippen LogP contribution in [0.1, 0.15) is 23.1 Å². The Bertz CT molecular complexity index is 847. The van der Waals surface area contributed by atoms with Crippen molar-refractivity contribution >= 4 is 22.9 Å². The molecule has 1 heterocycles. The number of carbonyl (C=O) groups is 1. The van der Waals surface area contributed by atoms with Crippen molar-refractivity contribution in [2.24, 2.45) is 0 Å². The molecule has 0 fully saturated rings. The van der Waals surface area contributed by atoms with Crippen LogP contribution < -0.4 is 5.48 Å². The molecule has 0 spiro atoms. The van der Waals surface area contributed by atoms with E-state index in [1.165, 1.54) is 16.5 Å². The zero-order chi connectivity index (χ0) is 16.8. The molecule has 0 saturated heterocycles. The first kappa shape index (κ1) is 16.0. The summed E-state index contributed by atoms with van der Waals surface area (Å²) in [6.45, 7) is 0. The summed E-state index contributed by atoms with van der Waals surface area (Å²) in [5.74, 6) is -0.398. The van der Waals surface area contributed by atoms with Gasteiger partial charge >= 0.3 is 0 Å². The SMILES string of the molecule is O=C(Cc1ccc(CC/C=C/c2ccc3[nH]ccc3c2)cc1)NO. The Balaban J connectivity index is 1.52. The topological polar surface area (TPSA) is 65.1 Å². The summed E-state index contributed by atoms with van der Waals surface area (Å²) in [5.41, 5.74) is 6.12. The molecule has 0 bridgehead atoms. The highest BCUT2D eigenvalue weighted by Crippen LogP contribution is 2.16. The van der Waals surface area contributed by atoms with Gasteiger partial charge < -0.3 is 4.98 Å². The molecule has 0 unspecified atom stereocenters. The molecule has 122 valence electrons. The lowest BCUT2D eigenvalue weighted by molar-refractivity contribution is -0.128. The summed E-state index contributed by atoms with van der Waals surface area (Å²) in [6.07, 6.45) is 8.38. The first-order valence-corrected chi connectivity index (χ1v) is 7.99. The summed E-state index contributed by atoms with van der Waals surface area (Å²) >= 11 is 0. The fraction of sp³-hybridized carbons (Fsp3) is 0.150. The first-order chi connectivity index (χ1) is 11.7. The highest BCUT2D eigenvalue weighted by atomic mass is 16.5. The number of benzene rings is 2. The molecule has 24 heavy (non-hydrogen) atoms. The van der Waals surface area contributed by atoms with Gasteiger partial charge in [0.25, 0.3) is 0 Å². The van der Waals surface area contributed by atoms with E-state index in [4.69, 9.17) is 5.21 Å². The lowest BCUT2D eigenvalue weighted by atomic mass is 10.0. The monoisotopic (exact) mass is 320 g/mol. The van der Waals surface area contributed by atoms with Crippen LogP contribution in [-0.2, 0) is 17.6 Å². The van der Waals surface area contributed by atoms with Gasteiger partial charge in [0.05, 0.1) is 6.42 Å². The molecular weight excluding hydrogens is 300 g/mol. The third kappa shape index (κ3) is 4.12. The zero-order valence-electron chi connectivity index (χ0n) is 13.3. The molecule has 3 aromatic rings. The van der Waals surface area contributed by atoms with Crippen LogP contribution in [0.2, 0.25) is 0 Å². The number of rotatable bonds is 6. The van der Waals surface area contributed by atoms with Gasteiger partial charge in [-0.1, -0.05) is 42.5 Å². The van der Waals surface area contributed by atoms with Gasteiger partial charge in [-0.15, -0.1) is 0 Å². The molecule has 0 atom stereocenters. The Labute approximate surface area is 140 Å². The van der Waals surface area contributed by atoms with E-state index in [1.807, 2.05) is 30.5 Å². The van der Waals surface area contributed by atoms with E-state index in [0.717, 1.165) is 23.9 Å². The van der Waals surface area contributed by atoms with Crippen LogP contribution in [0, 0.1) is 0 Å². The number of aromatic amines is 1. The minimum atomic E-state index is -0.398. The highest BCUT2D eigenvalue weighted by molar-refractivity contribution is 5.81. The number of allylic oxidation sites excluding steroid dienone is 1. The molecule has 3 rings (SSSR count). The fourth-order valence-electron chi connectivity index (χ4n) is 2.69. The maximum atomic E-state index is 11.1. The first-order valence-electron chi connectivity index (χ1n) is 7.99. The molecule has 0 aliphatic carbocycles. The minimum absolute atomic E-state index is 0.193. The van der Waals surface area contributed by atoms with Crippen molar-refractivity contribution in [1.82, 2.24) is 10.5 Å². The van der Waals surface area contributed by atoms with Gasteiger partial charge in [0, 0.05) is 11.7 Å². The van der Waals surface area contributed by atoms with Crippen molar-refractivity contribution in [1.29, 1.82) is 0 Å². The van der Waals surface area contributed by atoms with Crippen LogP contribution in [0.25, 0.3) is 17.0 Å². The number of aromatic nitrogens is 1. The second-order valence-corrected chi connectivity index (χ2v) is 5.79. The largest absolute Gasteiger partial charge is 0.361 e. The lowest BCUT2D eigenvalue weighted by Gasteiger charge is -2.02. The van der Waals surface area contributed by atoms with Crippen LogP contribution in [-0.4, -0.2) is 16.1 Å². The van der Waals surface area contributed by atoms with Crippen molar-refractivity contribution in [2.75, 3.05) is 0 Å². The average Bonchev–Trinajstić information content (AvgIpc) is 3.07. The van der Waals surface area contributed by atoms with Gasteiger partial charge in [-0.25, -0.2) is 5.48 Å². The van der Waals surface area contributed by atoms with E-state index >= 15 is 0 Å². The summed E-state index contributed by atoms with van der Waals surface area (Å²) in [5, 5.41) is 9.75. The zero-order valence-corrected chi connectivity index (χ0v) is 13.3. The number of hydrogen-bond donors (Lipinski definition) is 3. The molecule has 0 saturated carbocycles. The minimum Gasteiger partial charge on any atom is -0.361 e. The number of nitrogens with one attached hydrogen (secondary N) is 2. The predicted octanol–water partition coefficient (Wildman–Crippen LogP) is 3.86. The molecule has 0 aliphatic rings.